The summed E-state index contributed by atoms with van der Waals surface area (Å²) < 4.78 is 12.2. The molecule has 0 saturated carbocycles. The number of amidine groups is 1. The van der Waals surface area contributed by atoms with Crippen LogP contribution < -0.4 is 19.7 Å². The molecular formula is C32H26IN3O4S. The van der Waals surface area contributed by atoms with Crippen molar-refractivity contribution in [3.63, 3.8) is 0 Å². The van der Waals surface area contributed by atoms with Crippen molar-refractivity contribution in [3.05, 3.63) is 117 Å². The Balaban J connectivity index is 1.39. The van der Waals surface area contributed by atoms with Gasteiger partial charge in [0, 0.05) is 5.69 Å². The Kier molecular flexibility index (Phi) is 9.05. The first-order valence-electron chi connectivity index (χ1n) is 12.7. The lowest BCUT2D eigenvalue weighted by atomic mass is 10.1. The van der Waals surface area contributed by atoms with Crippen LogP contribution in [0.2, 0.25) is 0 Å². The zero-order valence-electron chi connectivity index (χ0n) is 22.3. The monoisotopic (exact) mass is 675 g/mol. The standard InChI is InChI=1S/C32H26IN3O4S/c1-21-10-9-13-24(16-21)34-29(37)20-40-30-26(33)17-22(18-27(30)39-2)19-28-31(38)36(25-14-7-4-8-15-25)32(41-28)35-23-11-5-3-6-12-23/h3-19H,20H2,1-2H3,(H,34,37)/b28-19-,35-32?. The number of methoxy groups -OCH3 is 1. The molecule has 1 N–H and O–H groups in total. The number of rotatable bonds is 8. The average Bonchev–Trinajstić information content (AvgIpc) is 3.26. The summed E-state index contributed by atoms with van der Waals surface area (Å²) >= 11 is 3.45. The summed E-state index contributed by atoms with van der Waals surface area (Å²) in [4.78, 5) is 33.0. The first kappa shape index (κ1) is 28.4. The van der Waals surface area contributed by atoms with Gasteiger partial charge in [0.05, 0.1) is 27.0 Å². The third-order valence-corrected chi connectivity index (χ3v) is 7.77. The van der Waals surface area contributed by atoms with Gasteiger partial charge in [-0.05, 0) is 107 Å². The Bertz CT molecular complexity index is 1640. The van der Waals surface area contributed by atoms with Crippen molar-refractivity contribution in [1.29, 1.82) is 0 Å². The number of benzene rings is 4. The minimum absolute atomic E-state index is 0.169. The number of nitrogens with one attached hydrogen (secondary N) is 1. The molecule has 4 aromatic carbocycles. The van der Waals surface area contributed by atoms with E-state index >= 15 is 0 Å². The molecule has 0 aliphatic carbocycles. The van der Waals surface area contributed by atoms with E-state index in [0.29, 0.717) is 27.3 Å². The average molecular weight is 676 g/mol. The van der Waals surface area contributed by atoms with Crippen molar-refractivity contribution in [2.24, 2.45) is 4.99 Å². The molecule has 4 aromatic rings. The molecule has 1 aliphatic rings. The molecule has 1 heterocycles. The number of para-hydroxylation sites is 2. The molecule has 0 aromatic heterocycles. The van der Waals surface area contributed by atoms with E-state index in [1.807, 2.05) is 104 Å². The third-order valence-electron chi connectivity index (χ3n) is 6.00. The van der Waals surface area contributed by atoms with Crippen molar-refractivity contribution in [1.82, 2.24) is 0 Å². The molecule has 1 saturated heterocycles. The van der Waals surface area contributed by atoms with Crippen molar-refractivity contribution in [3.8, 4) is 11.5 Å². The predicted molar refractivity (Wildman–Crippen MR) is 174 cm³/mol. The van der Waals surface area contributed by atoms with Gasteiger partial charge in [-0.1, -0.05) is 48.5 Å². The number of hydrogen-bond acceptors (Lipinski definition) is 6. The van der Waals surface area contributed by atoms with Gasteiger partial charge in [-0.2, -0.15) is 0 Å². The lowest BCUT2D eigenvalue weighted by Gasteiger charge is -2.15. The van der Waals surface area contributed by atoms with E-state index in [0.717, 1.165) is 26.1 Å². The summed E-state index contributed by atoms with van der Waals surface area (Å²) in [5.41, 5.74) is 4.01. The van der Waals surface area contributed by atoms with Crippen LogP contribution in [-0.4, -0.2) is 30.7 Å². The SMILES string of the molecule is COc1cc(/C=C2\SC(=Nc3ccccc3)N(c3ccccc3)C2=O)cc(I)c1OCC(=O)Nc1cccc(C)c1. The van der Waals surface area contributed by atoms with E-state index < -0.39 is 0 Å². The number of thioether (sulfide) groups is 1. The maximum atomic E-state index is 13.6. The molecule has 9 heteroatoms. The van der Waals surface area contributed by atoms with Gasteiger partial charge in [0.2, 0.25) is 0 Å². The summed E-state index contributed by atoms with van der Waals surface area (Å²) in [6.45, 7) is 1.78. The summed E-state index contributed by atoms with van der Waals surface area (Å²) in [7, 11) is 1.54. The quantitative estimate of drug-likeness (QED) is 0.155. The second-order valence-electron chi connectivity index (χ2n) is 9.06. The topological polar surface area (TPSA) is 80.2 Å². The minimum atomic E-state index is -0.279. The molecule has 1 fully saturated rings. The van der Waals surface area contributed by atoms with E-state index in [2.05, 4.69) is 27.9 Å². The Hall–Kier alpha value is -4.09. The largest absolute Gasteiger partial charge is 0.493 e. The van der Waals surface area contributed by atoms with Gasteiger partial charge in [-0.15, -0.1) is 0 Å². The number of hydrogen-bond donors (Lipinski definition) is 1. The van der Waals surface area contributed by atoms with Gasteiger partial charge >= 0.3 is 0 Å². The zero-order valence-corrected chi connectivity index (χ0v) is 25.3. The molecule has 7 nitrogen and oxygen atoms in total. The minimum Gasteiger partial charge on any atom is -0.493 e. The highest BCUT2D eigenvalue weighted by Crippen LogP contribution is 2.39. The second-order valence-corrected chi connectivity index (χ2v) is 11.2. The number of carbonyl (C=O) groups is 2. The van der Waals surface area contributed by atoms with Crippen LogP contribution in [0.5, 0.6) is 11.5 Å². The van der Waals surface area contributed by atoms with Crippen molar-refractivity contribution in [2.45, 2.75) is 6.92 Å². The number of ether oxygens (including phenoxy) is 2. The number of aryl methyl sites for hydroxylation is 1. The summed E-state index contributed by atoms with van der Waals surface area (Å²) in [5, 5.41) is 3.41. The number of carbonyl (C=O) groups excluding carboxylic acids is 2. The summed E-state index contributed by atoms with van der Waals surface area (Å²) in [5.74, 6) is 0.467. The first-order valence-corrected chi connectivity index (χ1v) is 14.6. The number of halogens is 1. The normalized spacial score (nSPS) is 14.9. The van der Waals surface area contributed by atoms with E-state index in [4.69, 9.17) is 14.5 Å². The van der Waals surface area contributed by atoms with Crippen LogP contribution in [0.3, 0.4) is 0 Å². The highest BCUT2D eigenvalue weighted by molar-refractivity contribution is 14.1. The van der Waals surface area contributed by atoms with E-state index in [9.17, 15) is 9.59 Å². The lowest BCUT2D eigenvalue weighted by molar-refractivity contribution is -0.118. The van der Waals surface area contributed by atoms with Gasteiger partial charge in [-0.3, -0.25) is 14.5 Å². The number of amides is 2. The van der Waals surface area contributed by atoms with Gasteiger partial charge in [0.25, 0.3) is 11.8 Å². The molecule has 0 radical (unpaired) electrons. The molecule has 0 atom stereocenters. The fourth-order valence-corrected chi connectivity index (χ4v) is 5.92. The Labute approximate surface area is 256 Å². The van der Waals surface area contributed by atoms with Gasteiger partial charge in [-0.25, -0.2) is 4.99 Å². The van der Waals surface area contributed by atoms with E-state index in [1.165, 1.54) is 11.8 Å². The zero-order chi connectivity index (χ0) is 28.8. The van der Waals surface area contributed by atoms with Gasteiger partial charge in [0.15, 0.2) is 23.3 Å². The van der Waals surface area contributed by atoms with Crippen LogP contribution in [0.1, 0.15) is 11.1 Å². The van der Waals surface area contributed by atoms with Crippen molar-refractivity contribution < 1.29 is 19.1 Å². The van der Waals surface area contributed by atoms with Crippen molar-refractivity contribution >= 4 is 74.5 Å². The maximum absolute atomic E-state index is 13.6. The van der Waals surface area contributed by atoms with E-state index in [-0.39, 0.29) is 18.4 Å². The van der Waals surface area contributed by atoms with Crippen LogP contribution in [0, 0.1) is 10.5 Å². The smallest absolute Gasteiger partial charge is 0.271 e. The highest BCUT2D eigenvalue weighted by Gasteiger charge is 2.34. The summed E-state index contributed by atoms with van der Waals surface area (Å²) in [6, 6.07) is 30.2. The summed E-state index contributed by atoms with van der Waals surface area (Å²) in [6.07, 6.45) is 1.81. The second kappa shape index (κ2) is 13.0. The Morgan fingerprint density at radius 2 is 1.73 bits per heavy atom. The van der Waals surface area contributed by atoms with Crippen LogP contribution in [-0.2, 0) is 9.59 Å². The van der Waals surface area contributed by atoms with Gasteiger partial charge < -0.3 is 14.8 Å². The van der Waals surface area contributed by atoms with Crippen LogP contribution in [0.15, 0.2) is 107 Å². The molecule has 41 heavy (non-hydrogen) atoms. The van der Waals surface area contributed by atoms with Crippen LogP contribution in [0.4, 0.5) is 17.1 Å². The van der Waals surface area contributed by atoms with Gasteiger partial charge in [0.1, 0.15) is 0 Å². The first-order chi connectivity index (χ1) is 19.9. The molecule has 1 aliphatic heterocycles. The molecule has 0 unspecified atom stereocenters. The number of aliphatic imine (C=N–C) groups is 1. The molecule has 0 spiro atoms. The molecular weight excluding hydrogens is 649 g/mol. The predicted octanol–water partition coefficient (Wildman–Crippen LogP) is 7.43. The van der Waals surface area contributed by atoms with E-state index in [1.54, 1.807) is 18.1 Å². The van der Waals surface area contributed by atoms with Crippen molar-refractivity contribution in [2.75, 3.05) is 23.9 Å². The Morgan fingerprint density at radius 3 is 2.44 bits per heavy atom. The fourth-order valence-electron chi connectivity index (χ4n) is 4.14. The molecule has 2 amide bonds. The fraction of sp³-hybridized carbons (Fsp3) is 0.0938. The number of nitrogens with zero attached hydrogens (tertiary/aromatic N) is 2. The third kappa shape index (κ3) is 6.98. The molecule has 5 rings (SSSR count). The highest BCUT2D eigenvalue weighted by atomic mass is 127. The molecule has 206 valence electrons. The maximum Gasteiger partial charge on any atom is 0.271 e. The van der Waals surface area contributed by atoms with Crippen LogP contribution >= 0.6 is 34.4 Å². The number of anilines is 2. The lowest BCUT2D eigenvalue weighted by Crippen LogP contribution is -2.28. The molecule has 0 bridgehead atoms. The Morgan fingerprint density at radius 1 is 1.00 bits per heavy atom. The van der Waals surface area contributed by atoms with Crippen LogP contribution in [0.25, 0.3) is 6.08 Å².